The van der Waals surface area contributed by atoms with Crippen molar-refractivity contribution in [2.24, 2.45) is 4.99 Å². The third-order valence-corrected chi connectivity index (χ3v) is 4.73. The number of nitrogens with one attached hydrogen (secondary N) is 3. The van der Waals surface area contributed by atoms with E-state index in [1.165, 1.54) is 4.88 Å². The van der Waals surface area contributed by atoms with Crippen LogP contribution in [0.2, 0.25) is 0 Å². The predicted octanol–water partition coefficient (Wildman–Crippen LogP) is 3.71. The molecule has 0 fully saturated rings. The average Bonchev–Trinajstić information content (AvgIpc) is 3.02. The number of ether oxygens (including phenoxy) is 1. The Morgan fingerprint density at radius 3 is 2.50 bits per heavy atom. The second-order valence-electron chi connectivity index (χ2n) is 7.29. The molecule has 0 radical (unpaired) electrons. The fourth-order valence-electron chi connectivity index (χ4n) is 2.38. The molecule has 28 heavy (non-hydrogen) atoms. The van der Waals surface area contributed by atoms with E-state index < -0.39 is 11.7 Å². The lowest BCUT2D eigenvalue weighted by Crippen LogP contribution is -2.37. The maximum absolute atomic E-state index is 11.8. The molecule has 0 aliphatic heterocycles. The molecule has 152 valence electrons. The van der Waals surface area contributed by atoms with Crippen LogP contribution in [0.15, 0.2) is 34.8 Å². The molecule has 0 saturated carbocycles. The van der Waals surface area contributed by atoms with Crippen LogP contribution < -0.4 is 16.0 Å². The summed E-state index contributed by atoms with van der Waals surface area (Å²) in [5.74, 6) is 0.760. The lowest BCUT2D eigenvalue weighted by atomic mass is 10.1. The van der Waals surface area contributed by atoms with E-state index in [1.807, 2.05) is 57.5 Å². The van der Waals surface area contributed by atoms with Crippen molar-refractivity contribution in [1.82, 2.24) is 15.6 Å². The third-order valence-electron chi connectivity index (χ3n) is 3.79. The number of thiazole rings is 1. The largest absolute Gasteiger partial charge is 0.444 e. The van der Waals surface area contributed by atoms with Crippen LogP contribution in [0.3, 0.4) is 0 Å². The van der Waals surface area contributed by atoms with Gasteiger partial charge < -0.3 is 15.4 Å². The molecule has 8 heteroatoms. The molecular formula is C20H29N5O2S. The number of rotatable bonds is 6. The molecule has 0 aliphatic carbocycles. The fourth-order valence-corrected chi connectivity index (χ4v) is 3.10. The summed E-state index contributed by atoms with van der Waals surface area (Å²) in [6, 6.07) is 7.73. The van der Waals surface area contributed by atoms with Crippen molar-refractivity contribution in [2.45, 2.75) is 46.3 Å². The minimum atomic E-state index is -0.513. The van der Waals surface area contributed by atoms with Crippen molar-refractivity contribution >= 4 is 29.1 Å². The predicted molar refractivity (Wildman–Crippen MR) is 115 cm³/mol. The van der Waals surface area contributed by atoms with Crippen LogP contribution in [0.1, 0.15) is 36.9 Å². The van der Waals surface area contributed by atoms with Gasteiger partial charge in [0.15, 0.2) is 5.96 Å². The maximum Gasteiger partial charge on any atom is 0.412 e. The van der Waals surface area contributed by atoms with E-state index >= 15 is 0 Å². The lowest BCUT2D eigenvalue weighted by Gasteiger charge is -2.19. The van der Waals surface area contributed by atoms with Gasteiger partial charge in [-0.25, -0.2) is 9.78 Å². The number of hydrogen-bond donors (Lipinski definition) is 3. The summed E-state index contributed by atoms with van der Waals surface area (Å²) in [6.45, 7) is 8.98. The highest BCUT2D eigenvalue weighted by molar-refractivity contribution is 7.09. The van der Waals surface area contributed by atoms with Gasteiger partial charge in [0.25, 0.3) is 0 Å². The van der Waals surface area contributed by atoms with Gasteiger partial charge in [-0.15, -0.1) is 11.3 Å². The third kappa shape index (κ3) is 7.56. The summed E-state index contributed by atoms with van der Waals surface area (Å²) in [4.78, 5) is 21.5. The summed E-state index contributed by atoms with van der Waals surface area (Å²) >= 11 is 1.64. The number of aryl methyl sites for hydroxylation is 1. The normalized spacial score (nSPS) is 11.8. The first-order chi connectivity index (χ1) is 13.3. The smallest absolute Gasteiger partial charge is 0.412 e. The average molecular weight is 404 g/mol. The number of aromatic nitrogens is 1. The van der Waals surface area contributed by atoms with Gasteiger partial charge in [-0.1, -0.05) is 12.1 Å². The number of anilines is 1. The zero-order chi connectivity index (χ0) is 20.6. The van der Waals surface area contributed by atoms with E-state index in [1.54, 1.807) is 18.4 Å². The molecule has 1 aromatic carbocycles. The maximum atomic E-state index is 11.8. The summed E-state index contributed by atoms with van der Waals surface area (Å²) in [6.07, 6.45) is 0.389. The molecule has 1 amide bonds. The minimum Gasteiger partial charge on any atom is -0.444 e. The van der Waals surface area contributed by atoms with Crippen LogP contribution in [0.25, 0.3) is 0 Å². The SMILES string of the molecule is CN=C(NCCc1ccc(NC(=O)OC(C)(C)C)cc1)NCc1scnc1C. The number of aliphatic imine (C=N–C) groups is 1. The number of carbonyl (C=O) groups excluding carboxylic acids is 1. The topological polar surface area (TPSA) is 87.6 Å². The van der Waals surface area contributed by atoms with Crippen molar-refractivity contribution in [3.05, 3.63) is 45.9 Å². The molecule has 0 unspecified atom stereocenters. The number of nitrogens with zero attached hydrogens (tertiary/aromatic N) is 2. The number of hydrogen-bond acceptors (Lipinski definition) is 5. The Hall–Kier alpha value is -2.61. The summed E-state index contributed by atoms with van der Waals surface area (Å²) < 4.78 is 5.25. The van der Waals surface area contributed by atoms with Crippen molar-refractivity contribution in [1.29, 1.82) is 0 Å². The molecule has 0 saturated heterocycles. The van der Waals surface area contributed by atoms with E-state index in [-0.39, 0.29) is 0 Å². The van der Waals surface area contributed by atoms with Crippen molar-refractivity contribution < 1.29 is 9.53 Å². The molecule has 0 atom stereocenters. The van der Waals surface area contributed by atoms with Gasteiger partial charge in [0.2, 0.25) is 0 Å². The van der Waals surface area contributed by atoms with Crippen LogP contribution in [0, 0.1) is 6.92 Å². The Labute approximate surface area is 170 Å². The molecule has 1 heterocycles. The Bertz CT molecular complexity index is 794. The number of carbonyl (C=O) groups is 1. The highest BCUT2D eigenvalue weighted by Gasteiger charge is 2.16. The Balaban J connectivity index is 1.74. The van der Waals surface area contributed by atoms with Crippen LogP contribution in [-0.4, -0.2) is 36.2 Å². The second-order valence-corrected chi connectivity index (χ2v) is 8.23. The zero-order valence-electron chi connectivity index (χ0n) is 17.1. The molecule has 2 rings (SSSR count). The zero-order valence-corrected chi connectivity index (χ0v) is 17.9. The van der Waals surface area contributed by atoms with E-state index in [9.17, 15) is 4.79 Å². The number of guanidine groups is 1. The van der Waals surface area contributed by atoms with Crippen LogP contribution in [0.4, 0.5) is 10.5 Å². The van der Waals surface area contributed by atoms with Gasteiger partial charge in [0, 0.05) is 24.2 Å². The van der Waals surface area contributed by atoms with Gasteiger partial charge in [-0.3, -0.25) is 10.3 Å². The highest BCUT2D eigenvalue weighted by Crippen LogP contribution is 2.13. The fraction of sp³-hybridized carbons (Fsp3) is 0.450. The Morgan fingerprint density at radius 1 is 1.21 bits per heavy atom. The minimum absolute atomic E-state index is 0.451. The van der Waals surface area contributed by atoms with E-state index in [4.69, 9.17) is 4.74 Å². The molecule has 3 N–H and O–H groups in total. The van der Waals surface area contributed by atoms with Gasteiger partial charge in [0.1, 0.15) is 5.60 Å². The Kier molecular flexibility index (Phi) is 7.80. The summed E-state index contributed by atoms with van der Waals surface area (Å²) in [5.41, 5.74) is 4.26. The lowest BCUT2D eigenvalue weighted by molar-refractivity contribution is 0.0636. The van der Waals surface area contributed by atoms with Crippen LogP contribution in [-0.2, 0) is 17.7 Å². The molecule has 0 aliphatic rings. The van der Waals surface area contributed by atoms with Gasteiger partial charge in [-0.2, -0.15) is 0 Å². The van der Waals surface area contributed by atoms with E-state index in [2.05, 4.69) is 25.9 Å². The van der Waals surface area contributed by atoms with Gasteiger partial charge in [-0.05, 0) is 51.8 Å². The Morgan fingerprint density at radius 2 is 1.93 bits per heavy atom. The first-order valence-electron chi connectivity index (χ1n) is 9.19. The first-order valence-corrected chi connectivity index (χ1v) is 10.1. The number of amides is 1. The van der Waals surface area contributed by atoms with Crippen molar-refractivity contribution in [3.63, 3.8) is 0 Å². The molecule has 2 aromatic rings. The summed E-state index contributed by atoms with van der Waals surface area (Å²) in [5, 5.41) is 9.34. The second kappa shape index (κ2) is 10.1. The molecule has 0 spiro atoms. The van der Waals surface area contributed by atoms with Crippen LogP contribution in [0.5, 0.6) is 0 Å². The molecular weight excluding hydrogens is 374 g/mol. The summed E-state index contributed by atoms with van der Waals surface area (Å²) in [7, 11) is 1.76. The van der Waals surface area contributed by atoms with Crippen molar-refractivity contribution in [3.8, 4) is 0 Å². The molecule has 7 nitrogen and oxygen atoms in total. The molecule has 0 bridgehead atoms. The first kappa shape index (κ1) is 21.7. The van der Waals surface area contributed by atoms with E-state index in [0.29, 0.717) is 12.2 Å². The van der Waals surface area contributed by atoms with Gasteiger partial charge in [0.05, 0.1) is 17.7 Å². The van der Waals surface area contributed by atoms with Gasteiger partial charge >= 0.3 is 6.09 Å². The molecule has 1 aromatic heterocycles. The monoisotopic (exact) mass is 403 g/mol. The highest BCUT2D eigenvalue weighted by atomic mass is 32.1. The van der Waals surface area contributed by atoms with Crippen LogP contribution >= 0.6 is 11.3 Å². The standard InChI is InChI=1S/C20H29N5O2S/c1-14-17(28-13-24-14)12-23-18(21-5)22-11-10-15-6-8-16(9-7-15)25-19(26)27-20(2,3)4/h6-9,13H,10-12H2,1-5H3,(H,25,26)(H2,21,22,23). The van der Waals surface area contributed by atoms with Crippen molar-refractivity contribution in [2.75, 3.05) is 18.9 Å². The quantitative estimate of drug-likeness (QED) is 0.506. The van der Waals surface area contributed by atoms with E-state index in [0.717, 1.165) is 30.2 Å². The number of benzene rings is 1.